The highest BCUT2D eigenvalue weighted by atomic mass is 16.6. The standard InChI is InChI=1S/C16H15NO4/c18-11-7-6-10(16(19)20)12-13(11)15-17(14(12)21-15)8-9-4-2-1-3-5-9/h1-5,13-15H,6-8H2,(H,19,20). The summed E-state index contributed by atoms with van der Waals surface area (Å²) in [7, 11) is 0. The number of carbonyl (C=O) groups excluding carboxylic acids is 1. The molecular weight excluding hydrogens is 270 g/mol. The van der Waals surface area contributed by atoms with E-state index in [0.29, 0.717) is 30.5 Å². The largest absolute Gasteiger partial charge is 0.478 e. The Hall–Kier alpha value is -1.98. The van der Waals surface area contributed by atoms with Gasteiger partial charge in [0.15, 0.2) is 0 Å². The molecule has 21 heavy (non-hydrogen) atoms. The van der Waals surface area contributed by atoms with Gasteiger partial charge in [0.05, 0.1) is 5.92 Å². The first-order valence-corrected chi connectivity index (χ1v) is 7.11. The number of aliphatic carboxylic acids is 1. The van der Waals surface area contributed by atoms with Crippen LogP contribution in [0.5, 0.6) is 0 Å². The van der Waals surface area contributed by atoms with Gasteiger partial charge in [-0.05, 0) is 17.6 Å². The summed E-state index contributed by atoms with van der Waals surface area (Å²) < 4.78 is 5.72. The number of benzene rings is 1. The van der Waals surface area contributed by atoms with Gasteiger partial charge in [-0.3, -0.25) is 4.79 Å². The molecule has 3 unspecified atom stereocenters. The predicted molar refractivity (Wildman–Crippen MR) is 73.0 cm³/mol. The molecule has 1 N–H and O–H groups in total. The van der Waals surface area contributed by atoms with Gasteiger partial charge in [-0.2, -0.15) is 0 Å². The molecule has 2 saturated heterocycles. The average Bonchev–Trinajstić information content (AvgIpc) is 3.00. The second kappa shape index (κ2) is 4.51. The van der Waals surface area contributed by atoms with E-state index in [1.807, 2.05) is 30.3 Å². The molecule has 2 bridgehead atoms. The zero-order valence-corrected chi connectivity index (χ0v) is 11.4. The molecule has 3 atom stereocenters. The Morgan fingerprint density at radius 1 is 1.29 bits per heavy atom. The molecule has 5 nitrogen and oxygen atoms in total. The summed E-state index contributed by atoms with van der Waals surface area (Å²) in [4.78, 5) is 25.6. The van der Waals surface area contributed by atoms with Gasteiger partial charge in [0, 0.05) is 18.5 Å². The van der Waals surface area contributed by atoms with Crippen LogP contribution in [0.1, 0.15) is 18.4 Å². The minimum atomic E-state index is -0.918. The Labute approximate surface area is 121 Å². The molecule has 1 aromatic rings. The minimum Gasteiger partial charge on any atom is -0.478 e. The van der Waals surface area contributed by atoms with E-state index in [4.69, 9.17) is 4.74 Å². The Bertz CT molecular complexity index is 652. The van der Waals surface area contributed by atoms with Gasteiger partial charge in [-0.1, -0.05) is 30.3 Å². The van der Waals surface area contributed by atoms with Crippen molar-refractivity contribution >= 4 is 11.8 Å². The van der Waals surface area contributed by atoms with Crippen molar-refractivity contribution in [2.75, 3.05) is 0 Å². The molecule has 108 valence electrons. The lowest BCUT2D eigenvalue weighted by Gasteiger charge is -2.40. The lowest BCUT2D eigenvalue weighted by Crippen LogP contribution is -2.52. The van der Waals surface area contributed by atoms with Crippen molar-refractivity contribution in [3.63, 3.8) is 0 Å². The predicted octanol–water partition coefficient (Wildman–Crippen LogP) is 1.54. The number of ether oxygens (including phenoxy) is 1. The SMILES string of the molecule is O=C(O)C1=C2C(C(=O)CC1)C1OC2N1Cc1ccccc1. The summed E-state index contributed by atoms with van der Waals surface area (Å²) in [6.45, 7) is 0.677. The number of Topliss-reactive ketones (excluding diaryl/α,β-unsaturated/α-hetero) is 1. The van der Waals surface area contributed by atoms with Crippen LogP contribution in [0, 0.1) is 5.92 Å². The molecule has 2 aliphatic heterocycles. The Morgan fingerprint density at radius 3 is 2.76 bits per heavy atom. The van der Waals surface area contributed by atoms with Gasteiger partial charge < -0.3 is 9.84 Å². The number of carbonyl (C=O) groups is 2. The monoisotopic (exact) mass is 285 g/mol. The Morgan fingerprint density at radius 2 is 2.05 bits per heavy atom. The highest BCUT2D eigenvalue weighted by Gasteiger charge is 2.61. The zero-order valence-electron chi connectivity index (χ0n) is 11.4. The van der Waals surface area contributed by atoms with Gasteiger partial charge in [0.1, 0.15) is 18.2 Å². The molecule has 0 aromatic heterocycles. The smallest absolute Gasteiger partial charge is 0.331 e. The molecule has 0 radical (unpaired) electrons. The third-order valence-electron chi connectivity index (χ3n) is 4.57. The van der Waals surface area contributed by atoms with Crippen LogP contribution in [-0.4, -0.2) is 34.2 Å². The van der Waals surface area contributed by atoms with Crippen molar-refractivity contribution in [2.45, 2.75) is 31.8 Å². The van der Waals surface area contributed by atoms with E-state index in [9.17, 15) is 14.7 Å². The lowest BCUT2D eigenvalue weighted by atomic mass is 9.84. The Kier molecular flexibility index (Phi) is 2.74. The highest BCUT2D eigenvalue weighted by molar-refractivity contribution is 5.96. The fraction of sp³-hybridized carbons (Fsp3) is 0.375. The van der Waals surface area contributed by atoms with Crippen molar-refractivity contribution < 1.29 is 19.4 Å². The summed E-state index contributed by atoms with van der Waals surface area (Å²) in [5.74, 6) is -1.19. The van der Waals surface area contributed by atoms with E-state index in [1.165, 1.54) is 0 Å². The van der Waals surface area contributed by atoms with Crippen molar-refractivity contribution in [1.82, 2.24) is 4.90 Å². The molecule has 4 rings (SSSR count). The minimum absolute atomic E-state index is 0.109. The second-order valence-corrected chi connectivity index (χ2v) is 5.72. The number of rotatable bonds is 3. The van der Waals surface area contributed by atoms with Gasteiger partial charge in [-0.25, -0.2) is 9.69 Å². The van der Waals surface area contributed by atoms with E-state index >= 15 is 0 Å². The number of ketones is 1. The van der Waals surface area contributed by atoms with Crippen LogP contribution in [0.15, 0.2) is 41.5 Å². The summed E-state index contributed by atoms with van der Waals surface area (Å²) in [5, 5.41) is 9.34. The van der Waals surface area contributed by atoms with E-state index in [1.54, 1.807) is 0 Å². The normalized spacial score (nSPS) is 31.0. The average molecular weight is 285 g/mol. The molecule has 5 heteroatoms. The number of hydrogen-bond donors (Lipinski definition) is 1. The first-order chi connectivity index (χ1) is 10.2. The fourth-order valence-electron chi connectivity index (χ4n) is 3.60. The number of hydrogen-bond acceptors (Lipinski definition) is 4. The number of carboxylic acid groups (broad SMARTS) is 1. The number of fused-ring (bicyclic) bond motifs is 5. The van der Waals surface area contributed by atoms with E-state index in [2.05, 4.69) is 4.90 Å². The maximum Gasteiger partial charge on any atom is 0.331 e. The van der Waals surface area contributed by atoms with Crippen LogP contribution in [0.3, 0.4) is 0 Å². The first-order valence-electron chi connectivity index (χ1n) is 7.11. The fourth-order valence-corrected chi connectivity index (χ4v) is 3.60. The molecule has 1 aromatic carbocycles. The molecular formula is C16H15NO4. The quantitative estimate of drug-likeness (QED) is 0.912. The topological polar surface area (TPSA) is 66.8 Å². The first kappa shape index (κ1) is 12.7. The highest BCUT2D eigenvalue weighted by Crippen LogP contribution is 2.51. The summed E-state index contributed by atoms with van der Waals surface area (Å²) >= 11 is 0. The molecule has 1 aliphatic carbocycles. The van der Waals surface area contributed by atoms with E-state index in [-0.39, 0.29) is 24.2 Å². The summed E-state index contributed by atoms with van der Waals surface area (Å²) in [6, 6.07) is 9.95. The van der Waals surface area contributed by atoms with Crippen LogP contribution < -0.4 is 0 Å². The molecule has 3 aliphatic rings. The maximum absolute atomic E-state index is 12.1. The van der Waals surface area contributed by atoms with Crippen LogP contribution in [0.4, 0.5) is 0 Å². The van der Waals surface area contributed by atoms with Crippen LogP contribution in [0.2, 0.25) is 0 Å². The van der Waals surface area contributed by atoms with Crippen LogP contribution in [0.25, 0.3) is 0 Å². The number of carboxylic acids is 1. The zero-order chi connectivity index (χ0) is 14.6. The summed E-state index contributed by atoms with van der Waals surface area (Å²) in [5.41, 5.74) is 2.21. The molecule has 0 amide bonds. The van der Waals surface area contributed by atoms with Gasteiger partial charge in [-0.15, -0.1) is 0 Å². The molecule has 0 saturated carbocycles. The third kappa shape index (κ3) is 1.78. The molecule has 2 fully saturated rings. The second-order valence-electron chi connectivity index (χ2n) is 5.72. The maximum atomic E-state index is 12.1. The van der Waals surface area contributed by atoms with Crippen molar-refractivity contribution in [3.8, 4) is 0 Å². The Balaban J connectivity index is 1.67. The van der Waals surface area contributed by atoms with Gasteiger partial charge in [0.25, 0.3) is 0 Å². The summed E-state index contributed by atoms with van der Waals surface area (Å²) in [6.07, 6.45) is 0.00995. The van der Waals surface area contributed by atoms with Crippen molar-refractivity contribution in [1.29, 1.82) is 0 Å². The molecule has 2 heterocycles. The van der Waals surface area contributed by atoms with E-state index < -0.39 is 5.97 Å². The van der Waals surface area contributed by atoms with Gasteiger partial charge in [0.2, 0.25) is 0 Å². The van der Waals surface area contributed by atoms with Crippen LogP contribution >= 0.6 is 0 Å². The van der Waals surface area contributed by atoms with Gasteiger partial charge >= 0.3 is 5.97 Å². The lowest BCUT2D eigenvalue weighted by molar-refractivity contribution is -0.241. The van der Waals surface area contributed by atoms with E-state index in [0.717, 1.165) is 5.56 Å². The molecule has 0 spiro atoms. The van der Waals surface area contributed by atoms with Crippen molar-refractivity contribution in [3.05, 3.63) is 47.0 Å². The number of nitrogens with zero attached hydrogens (tertiary/aromatic N) is 1. The van der Waals surface area contributed by atoms with Crippen LogP contribution in [-0.2, 0) is 20.9 Å². The third-order valence-corrected chi connectivity index (χ3v) is 4.57. The van der Waals surface area contributed by atoms with Crippen molar-refractivity contribution in [2.24, 2.45) is 5.92 Å².